The molecule has 3 rings (SSSR count). The van der Waals surface area contributed by atoms with Crippen molar-refractivity contribution >= 4 is 22.1 Å². The average Bonchev–Trinajstić information content (AvgIpc) is 2.70. The number of aromatic nitrogens is 2. The molecule has 1 unspecified atom stereocenters. The fourth-order valence-electron chi connectivity index (χ4n) is 2.84. The first kappa shape index (κ1) is 12.3. The number of nitrogens with zero attached hydrogens (tertiary/aromatic N) is 1. The van der Waals surface area contributed by atoms with Crippen LogP contribution in [0.15, 0.2) is 0 Å². The quantitative estimate of drug-likeness (QED) is 0.800. The molecule has 6 heteroatoms. The van der Waals surface area contributed by atoms with Gasteiger partial charge < -0.3 is 4.98 Å². The molecule has 98 valence electrons. The lowest BCUT2D eigenvalue weighted by atomic mass is 9.97. The third-order valence-corrected chi connectivity index (χ3v) is 5.95. The second kappa shape index (κ2) is 4.42. The Kier molecular flexibility index (Phi) is 3.02. The van der Waals surface area contributed by atoms with Crippen molar-refractivity contribution in [2.24, 2.45) is 0 Å². The van der Waals surface area contributed by atoms with E-state index in [1.54, 1.807) is 0 Å². The van der Waals surface area contributed by atoms with Gasteiger partial charge in [-0.05, 0) is 32.1 Å². The van der Waals surface area contributed by atoms with Gasteiger partial charge in [0.15, 0.2) is 9.84 Å². The van der Waals surface area contributed by atoms with Gasteiger partial charge in [0, 0.05) is 17.2 Å². The molecule has 0 aromatic carbocycles. The fraction of sp³-hybridized carbons (Fsp3) is 0.667. The van der Waals surface area contributed by atoms with Crippen LogP contribution in [-0.2, 0) is 22.7 Å². The van der Waals surface area contributed by atoms with Crippen LogP contribution in [0.2, 0.25) is 0 Å². The largest absolute Gasteiger partial charge is 0.347 e. The summed E-state index contributed by atoms with van der Waals surface area (Å²) >= 11 is 5.34. The van der Waals surface area contributed by atoms with E-state index in [-0.39, 0.29) is 17.4 Å². The van der Waals surface area contributed by atoms with Gasteiger partial charge in [-0.15, -0.1) is 0 Å². The molecule has 1 fully saturated rings. The third-order valence-electron chi connectivity index (χ3n) is 3.85. The Bertz CT molecular complexity index is 634. The Balaban J connectivity index is 1.99. The minimum Gasteiger partial charge on any atom is -0.347 e. The second-order valence-electron chi connectivity index (χ2n) is 5.19. The van der Waals surface area contributed by atoms with Gasteiger partial charge in [0.25, 0.3) is 0 Å². The minimum absolute atomic E-state index is 0.00364. The predicted molar refractivity (Wildman–Crippen MR) is 72.1 cm³/mol. The van der Waals surface area contributed by atoms with Gasteiger partial charge in [-0.1, -0.05) is 12.2 Å². The van der Waals surface area contributed by atoms with Crippen molar-refractivity contribution in [2.45, 2.75) is 38.0 Å². The maximum atomic E-state index is 11.5. The van der Waals surface area contributed by atoms with Crippen LogP contribution in [0.4, 0.5) is 0 Å². The van der Waals surface area contributed by atoms with E-state index in [4.69, 9.17) is 12.2 Å². The number of sulfone groups is 1. The molecule has 1 atom stereocenters. The summed E-state index contributed by atoms with van der Waals surface area (Å²) in [5.41, 5.74) is 2.35. The van der Waals surface area contributed by atoms with E-state index in [0.717, 1.165) is 18.7 Å². The van der Waals surface area contributed by atoms with Crippen LogP contribution in [0.25, 0.3) is 0 Å². The molecule has 0 bridgehead atoms. The lowest BCUT2D eigenvalue weighted by Gasteiger charge is -2.18. The first-order valence-electron chi connectivity index (χ1n) is 6.37. The van der Waals surface area contributed by atoms with Gasteiger partial charge in [-0.3, -0.25) is 0 Å². The van der Waals surface area contributed by atoms with E-state index >= 15 is 0 Å². The minimum atomic E-state index is -2.87. The molecule has 0 spiro atoms. The highest BCUT2D eigenvalue weighted by Crippen LogP contribution is 2.28. The van der Waals surface area contributed by atoms with E-state index < -0.39 is 9.84 Å². The van der Waals surface area contributed by atoms with E-state index in [0.29, 0.717) is 11.1 Å². The zero-order chi connectivity index (χ0) is 12.8. The van der Waals surface area contributed by atoms with Crippen molar-refractivity contribution < 1.29 is 8.42 Å². The number of rotatable bonds is 1. The zero-order valence-corrected chi connectivity index (χ0v) is 11.7. The molecule has 1 saturated heterocycles. The topological polar surface area (TPSA) is 62.8 Å². The number of hydrogen-bond donors (Lipinski definition) is 1. The zero-order valence-electron chi connectivity index (χ0n) is 10.1. The van der Waals surface area contributed by atoms with Crippen LogP contribution in [0.5, 0.6) is 0 Å². The summed E-state index contributed by atoms with van der Waals surface area (Å²) in [6.07, 6.45) is 5.02. The first-order chi connectivity index (χ1) is 8.55. The Hall–Kier alpha value is -0.750. The molecule has 0 amide bonds. The van der Waals surface area contributed by atoms with Crippen molar-refractivity contribution in [2.75, 3.05) is 11.5 Å². The summed E-state index contributed by atoms with van der Waals surface area (Å²) in [5, 5.41) is 0. The number of aromatic amines is 1. The molecular weight excluding hydrogens is 268 g/mol. The normalized spacial score (nSPS) is 25.9. The molecule has 1 aliphatic heterocycles. The summed E-state index contributed by atoms with van der Waals surface area (Å²) in [4.78, 5) is 7.77. The third kappa shape index (κ3) is 2.23. The molecule has 1 N–H and O–H groups in total. The van der Waals surface area contributed by atoms with Crippen molar-refractivity contribution in [1.82, 2.24) is 9.97 Å². The smallest absolute Gasteiger partial charge is 0.151 e. The summed E-state index contributed by atoms with van der Waals surface area (Å²) in [7, 11) is -2.87. The van der Waals surface area contributed by atoms with Crippen LogP contribution >= 0.6 is 12.2 Å². The van der Waals surface area contributed by atoms with Crippen molar-refractivity contribution in [3.05, 3.63) is 21.7 Å². The highest BCUT2D eigenvalue weighted by Gasteiger charge is 2.31. The van der Waals surface area contributed by atoms with Gasteiger partial charge in [-0.2, -0.15) is 0 Å². The maximum Gasteiger partial charge on any atom is 0.151 e. The Labute approximate surface area is 112 Å². The van der Waals surface area contributed by atoms with Crippen LogP contribution in [0, 0.1) is 4.64 Å². The lowest BCUT2D eigenvalue weighted by molar-refractivity contribution is 0.600. The summed E-state index contributed by atoms with van der Waals surface area (Å²) in [6.45, 7) is 0. The first-order valence-corrected chi connectivity index (χ1v) is 8.60. The van der Waals surface area contributed by atoms with Gasteiger partial charge in [0.05, 0.1) is 11.5 Å². The standard InChI is InChI=1S/C12H16N2O2S2/c15-18(16)6-5-8(7-18)11-13-10-4-2-1-3-9(10)12(17)14-11/h8H,1-7H2,(H,13,14,17). The van der Waals surface area contributed by atoms with Crippen LogP contribution in [-0.4, -0.2) is 29.9 Å². The molecule has 0 radical (unpaired) electrons. The monoisotopic (exact) mass is 284 g/mol. The van der Waals surface area contributed by atoms with Crippen LogP contribution < -0.4 is 0 Å². The summed E-state index contributed by atoms with van der Waals surface area (Å²) in [5.74, 6) is 1.27. The van der Waals surface area contributed by atoms with Crippen LogP contribution in [0.3, 0.4) is 0 Å². The molecule has 1 aromatic heterocycles. The number of hydrogen-bond acceptors (Lipinski definition) is 4. The Morgan fingerprint density at radius 2 is 2.06 bits per heavy atom. The number of fused-ring (bicyclic) bond motifs is 1. The Morgan fingerprint density at radius 1 is 1.28 bits per heavy atom. The number of H-pyrrole nitrogens is 1. The van der Waals surface area contributed by atoms with E-state index in [1.165, 1.54) is 24.1 Å². The van der Waals surface area contributed by atoms with Gasteiger partial charge in [0.1, 0.15) is 10.5 Å². The molecular formula is C12H16N2O2S2. The second-order valence-corrected chi connectivity index (χ2v) is 7.81. The number of aryl methyl sites for hydroxylation is 1. The van der Waals surface area contributed by atoms with Crippen molar-refractivity contribution in [3.63, 3.8) is 0 Å². The maximum absolute atomic E-state index is 11.5. The van der Waals surface area contributed by atoms with Crippen molar-refractivity contribution in [3.8, 4) is 0 Å². The molecule has 1 aliphatic carbocycles. The number of nitrogens with one attached hydrogen (secondary N) is 1. The lowest BCUT2D eigenvalue weighted by Crippen LogP contribution is -2.13. The predicted octanol–water partition coefficient (Wildman–Crippen LogP) is 1.92. The van der Waals surface area contributed by atoms with Crippen molar-refractivity contribution in [1.29, 1.82) is 0 Å². The van der Waals surface area contributed by atoms with Gasteiger partial charge in [-0.25, -0.2) is 13.4 Å². The fourth-order valence-corrected chi connectivity index (χ4v) is 4.91. The molecule has 18 heavy (non-hydrogen) atoms. The summed E-state index contributed by atoms with van der Waals surface area (Å²) < 4.78 is 23.7. The molecule has 2 aliphatic rings. The van der Waals surface area contributed by atoms with E-state index in [9.17, 15) is 8.42 Å². The highest BCUT2D eigenvalue weighted by atomic mass is 32.2. The molecule has 1 aromatic rings. The molecule has 2 heterocycles. The van der Waals surface area contributed by atoms with Gasteiger partial charge >= 0.3 is 0 Å². The van der Waals surface area contributed by atoms with Gasteiger partial charge in [0.2, 0.25) is 0 Å². The Morgan fingerprint density at radius 3 is 2.78 bits per heavy atom. The molecule has 0 saturated carbocycles. The SMILES string of the molecule is O=S1(=O)CCC(c2nc(=S)c3c([nH]2)CCCC3)C1. The molecule has 4 nitrogen and oxygen atoms in total. The average molecular weight is 284 g/mol. The van der Waals surface area contributed by atoms with E-state index in [1.807, 2.05) is 0 Å². The highest BCUT2D eigenvalue weighted by molar-refractivity contribution is 7.91. The van der Waals surface area contributed by atoms with Crippen LogP contribution in [0.1, 0.15) is 42.3 Å². The summed E-state index contributed by atoms with van der Waals surface area (Å²) in [6, 6.07) is 0. The van der Waals surface area contributed by atoms with E-state index in [2.05, 4.69) is 9.97 Å².